The van der Waals surface area contributed by atoms with Crippen molar-refractivity contribution in [2.24, 2.45) is 14.1 Å². The van der Waals surface area contributed by atoms with Crippen molar-refractivity contribution in [3.05, 3.63) is 95.4 Å². The number of imidazole rings is 1. The van der Waals surface area contributed by atoms with Gasteiger partial charge in [0.05, 0.1) is 16.6 Å². The van der Waals surface area contributed by atoms with Gasteiger partial charge in [0.25, 0.3) is 11.8 Å². The molecule has 0 fully saturated rings. The van der Waals surface area contributed by atoms with Crippen LogP contribution in [-0.4, -0.2) is 55.7 Å². The van der Waals surface area contributed by atoms with Crippen molar-refractivity contribution in [2.75, 3.05) is 13.6 Å². The first kappa shape index (κ1) is 25.2. The molecule has 2 aromatic heterocycles. The van der Waals surface area contributed by atoms with Gasteiger partial charge in [-0.3, -0.25) is 14.3 Å². The Bertz CT molecular complexity index is 1620. The number of rotatable bonds is 8. The molecule has 0 unspecified atom stereocenters. The molecule has 3 aromatic carbocycles. The number of hydrogen-bond donors (Lipinski definition) is 1. The second-order valence-electron chi connectivity index (χ2n) is 9.78. The number of amides is 2. The first-order valence-electron chi connectivity index (χ1n) is 12.8. The number of nitrogens with one attached hydrogen (secondary N) is 1. The summed E-state index contributed by atoms with van der Waals surface area (Å²) in [4.78, 5) is 33.0. The number of para-hydroxylation sites is 2. The standard InChI is InChI=1S/C30H32N6O2/c1-20-14-15-25-23(18-20)27(33-36(25)4)30(38)34(2)22(19-21-10-6-5-7-11-21)16-17-31-29(37)28-32-24-12-8-9-13-26(24)35(28)3/h5-15,18,22H,16-17,19H2,1-4H3,(H,31,37)/t22-/m1/s1. The summed E-state index contributed by atoms with van der Waals surface area (Å²) >= 11 is 0. The molecule has 0 aliphatic heterocycles. The predicted octanol–water partition coefficient (Wildman–Crippen LogP) is 4.27. The van der Waals surface area contributed by atoms with Gasteiger partial charge in [-0.05, 0) is 49.6 Å². The quantitative estimate of drug-likeness (QED) is 0.339. The fourth-order valence-corrected chi connectivity index (χ4v) is 4.97. The van der Waals surface area contributed by atoms with Crippen molar-refractivity contribution in [3.8, 4) is 0 Å². The lowest BCUT2D eigenvalue weighted by Gasteiger charge is -2.28. The molecular formula is C30H32N6O2. The van der Waals surface area contributed by atoms with Crippen LogP contribution < -0.4 is 5.32 Å². The average Bonchev–Trinajstić information content (AvgIpc) is 3.44. The Morgan fingerprint density at radius 3 is 2.47 bits per heavy atom. The highest BCUT2D eigenvalue weighted by molar-refractivity contribution is 6.05. The summed E-state index contributed by atoms with van der Waals surface area (Å²) in [7, 11) is 5.51. The van der Waals surface area contributed by atoms with Crippen LogP contribution in [0.2, 0.25) is 0 Å². The molecule has 1 N–H and O–H groups in total. The summed E-state index contributed by atoms with van der Waals surface area (Å²) in [6.07, 6.45) is 1.24. The molecule has 2 heterocycles. The summed E-state index contributed by atoms with van der Waals surface area (Å²) in [5, 5.41) is 8.42. The molecule has 0 aliphatic carbocycles. The molecule has 8 heteroatoms. The highest BCUT2D eigenvalue weighted by Crippen LogP contribution is 2.22. The fourth-order valence-electron chi connectivity index (χ4n) is 4.97. The summed E-state index contributed by atoms with van der Waals surface area (Å²) in [6, 6.07) is 23.6. The van der Waals surface area contributed by atoms with E-state index < -0.39 is 0 Å². The van der Waals surface area contributed by atoms with Crippen LogP contribution in [0, 0.1) is 6.92 Å². The van der Waals surface area contributed by atoms with E-state index in [0.29, 0.717) is 30.9 Å². The van der Waals surface area contributed by atoms with E-state index in [1.54, 1.807) is 14.1 Å². The minimum absolute atomic E-state index is 0.135. The lowest BCUT2D eigenvalue weighted by atomic mass is 10.0. The molecule has 0 bridgehead atoms. The Balaban J connectivity index is 1.35. The van der Waals surface area contributed by atoms with Gasteiger partial charge < -0.3 is 14.8 Å². The zero-order valence-electron chi connectivity index (χ0n) is 22.2. The number of carbonyl (C=O) groups excluding carboxylic acids is 2. The Labute approximate surface area is 221 Å². The number of aryl methyl sites for hydroxylation is 3. The van der Waals surface area contributed by atoms with E-state index in [0.717, 1.165) is 33.1 Å². The van der Waals surface area contributed by atoms with Gasteiger partial charge in [0.2, 0.25) is 0 Å². The largest absolute Gasteiger partial charge is 0.349 e. The predicted molar refractivity (Wildman–Crippen MR) is 149 cm³/mol. The van der Waals surface area contributed by atoms with Gasteiger partial charge >= 0.3 is 0 Å². The molecule has 5 rings (SSSR count). The molecule has 1 atom stereocenters. The summed E-state index contributed by atoms with van der Waals surface area (Å²) in [6.45, 7) is 2.41. The topological polar surface area (TPSA) is 85.1 Å². The monoisotopic (exact) mass is 508 g/mol. The number of carbonyl (C=O) groups is 2. The van der Waals surface area contributed by atoms with Gasteiger partial charge in [-0.15, -0.1) is 0 Å². The average molecular weight is 509 g/mol. The molecular weight excluding hydrogens is 476 g/mol. The van der Waals surface area contributed by atoms with Crippen LogP contribution in [-0.2, 0) is 20.5 Å². The van der Waals surface area contributed by atoms with Crippen molar-refractivity contribution in [2.45, 2.75) is 25.8 Å². The van der Waals surface area contributed by atoms with E-state index in [4.69, 9.17) is 0 Å². The first-order valence-corrected chi connectivity index (χ1v) is 12.8. The maximum absolute atomic E-state index is 13.7. The molecule has 0 aliphatic rings. The van der Waals surface area contributed by atoms with E-state index >= 15 is 0 Å². The van der Waals surface area contributed by atoms with Crippen LogP contribution in [0.4, 0.5) is 0 Å². The Kier molecular flexibility index (Phi) is 6.96. The molecule has 2 amide bonds. The Morgan fingerprint density at radius 1 is 0.974 bits per heavy atom. The number of hydrogen-bond acceptors (Lipinski definition) is 4. The number of benzene rings is 3. The maximum atomic E-state index is 13.7. The van der Waals surface area contributed by atoms with Crippen LogP contribution in [0.15, 0.2) is 72.8 Å². The van der Waals surface area contributed by atoms with Crippen LogP contribution in [0.3, 0.4) is 0 Å². The highest BCUT2D eigenvalue weighted by atomic mass is 16.2. The number of likely N-dealkylation sites (N-methyl/N-ethyl adjacent to an activating group) is 1. The Morgan fingerprint density at radius 2 is 1.71 bits per heavy atom. The molecule has 0 radical (unpaired) electrons. The summed E-state index contributed by atoms with van der Waals surface area (Å²) in [5.41, 5.74) is 5.25. The molecule has 0 spiro atoms. The van der Waals surface area contributed by atoms with Crippen molar-refractivity contribution in [3.63, 3.8) is 0 Å². The smallest absolute Gasteiger partial charge is 0.287 e. The van der Waals surface area contributed by atoms with Crippen molar-refractivity contribution in [1.82, 2.24) is 29.5 Å². The van der Waals surface area contributed by atoms with E-state index in [1.807, 2.05) is 88.7 Å². The van der Waals surface area contributed by atoms with Crippen molar-refractivity contribution in [1.29, 1.82) is 0 Å². The van der Waals surface area contributed by atoms with Crippen LogP contribution in [0.1, 0.15) is 38.7 Å². The highest BCUT2D eigenvalue weighted by Gasteiger charge is 2.26. The zero-order chi connectivity index (χ0) is 26.8. The fraction of sp³-hybridized carbons (Fsp3) is 0.267. The van der Waals surface area contributed by atoms with Crippen LogP contribution in [0.25, 0.3) is 21.9 Å². The lowest BCUT2D eigenvalue weighted by Crippen LogP contribution is -2.41. The van der Waals surface area contributed by atoms with E-state index in [2.05, 4.69) is 27.5 Å². The third-order valence-electron chi connectivity index (χ3n) is 7.14. The third-order valence-corrected chi connectivity index (χ3v) is 7.14. The minimum Gasteiger partial charge on any atom is -0.349 e. The van der Waals surface area contributed by atoms with Gasteiger partial charge in [-0.25, -0.2) is 4.98 Å². The van der Waals surface area contributed by atoms with Crippen molar-refractivity contribution >= 4 is 33.8 Å². The van der Waals surface area contributed by atoms with E-state index in [9.17, 15) is 9.59 Å². The number of aromatic nitrogens is 4. The second kappa shape index (κ2) is 10.5. The molecule has 194 valence electrons. The molecule has 5 aromatic rings. The van der Waals surface area contributed by atoms with Gasteiger partial charge in [0.15, 0.2) is 11.5 Å². The van der Waals surface area contributed by atoms with Crippen LogP contribution in [0.5, 0.6) is 0 Å². The van der Waals surface area contributed by atoms with Gasteiger partial charge in [0.1, 0.15) is 0 Å². The normalized spacial score (nSPS) is 12.1. The third kappa shape index (κ3) is 4.89. The summed E-state index contributed by atoms with van der Waals surface area (Å²) in [5.74, 6) is -0.00305. The van der Waals surface area contributed by atoms with Gasteiger partial charge in [0, 0.05) is 39.1 Å². The SMILES string of the molecule is Cc1ccc2c(c1)c(C(=O)N(C)[C@H](CCNC(=O)c1nc3ccccc3n1C)Cc1ccccc1)nn2C. The molecule has 38 heavy (non-hydrogen) atoms. The number of nitrogens with zero attached hydrogens (tertiary/aromatic N) is 5. The van der Waals surface area contributed by atoms with Gasteiger partial charge in [-0.1, -0.05) is 54.1 Å². The van der Waals surface area contributed by atoms with Crippen LogP contribution >= 0.6 is 0 Å². The van der Waals surface area contributed by atoms with Crippen molar-refractivity contribution < 1.29 is 9.59 Å². The van der Waals surface area contributed by atoms with E-state index in [-0.39, 0.29) is 17.9 Å². The first-order chi connectivity index (χ1) is 18.3. The lowest BCUT2D eigenvalue weighted by molar-refractivity contribution is 0.0718. The molecule has 0 saturated heterocycles. The maximum Gasteiger partial charge on any atom is 0.287 e. The Hall–Kier alpha value is -4.46. The molecule has 0 saturated carbocycles. The van der Waals surface area contributed by atoms with Gasteiger partial charge in [-0.2, -0.15) is 5.10 Å². The molecule has 8 nitrogen and oxygen atoms in total. The summed E-state index contributed by atoms with van der Waals surface area (Å²) < 4.78 is 3.55. The second-order valence-corrected chi connectivity index (χ2v) is 9.78. The zero-order valence-corrected chi connectivity index (χ0v) is 22.2. The van der Waals surface area contributed by atoms with E-state index in [1.165, 1.54) is 0 Å². The minimum atomic E-state index is -0.234. The number of fused-ring (bicyclic) bond motifs is 2.